The third-order valence-electron chi connectivity index (χ3n) is 4.41. The van der Waals surface area contributed by atoms with E-state index in [-0.39, 0.29) is 0 Å². The maximum absolute atomic E-state index is 7.42. The van der Waals surface area contributed by atoms with E-state index < -0.39 is 0 Å². The van der Waals surface area contributed by atoms with E-state index in [4.69, 9.17) is 5.41 Å². The monoisotopic (exact) mass is 331 g/mol. The Kier molecular flexibility index (Phi) is 5.46. The first-order valence-electron chi connectivity index (χ1n) is 8.72. The van der Waals surface area contributed by atoms with Crippen LogP contribution in [0.1, 0.15) is 29.3 Å². The number of rotatable bonds is 7. The maximum Gasteiger partial charge on any atom is 0.0458 e. The first-order valence-corrected chi connectivity index (χ1v) is 8.72. The molecule has 0 aliphatic heterocycles. The molecule has 3 nitrogen and oxygen atoms in total. The second-order valence-corrected chi connectivity index (χ2v) is 6.46. The normalized spacial score (nSPS) is 11.4. The lowest BCUT2D eigenvalue weighted by Gasteiger charge is -2.06. The zero-order chi connectivity index (χ0) is 17.6. The summed E-state index contributed by atoms with van der Waals surface area (Å²) in [7, 11) is 0. The topological polar surface area (TPSA) is 51.7 Å². The summed E-state index contributed by atoms with van der Waals surface area (Å²) >= 11 is 0. The number of hydrogen-bond acceptors (Lipinski definition) is 2. The van der Waals surface area contributed by atoms with Crippen molar-refractivity contribution >= 4 is 22.7 Å². The summed E-state index contributed by atoms with van der Waals surface area (Å²) in [5, 5.41) is 12.3. The fraction of sp³-hybridized carbons (Fsp3) is 0.227. The minimum atomic E-state index is 0.568. The molecule has 3 N–H and O–H groups in total. The van der Waals surface area contributed by atoms with E-state index in [1.807, 2.05) is 12.2 Å². The second-order valence-electron chi connectivity index (χ2n) is 6.46. The van der Waals surface area contributed by atoms with E-state index in [9.17, 15) is 0 Å². The van der Waals surface area contributed by atoms with Gasteiger partial charge in [0.05, 0.1) is 0 Å². The molecular formula is C22H25N3. The number of nitrogens with one attached hydrogen (secondary N) is 3. The van der Waals surface area contributed by atoms with Crippen molar-refractivity contribution in [3.05, 3.63) is 77.0 Å². The Morgan fingerprint density at radius 2 is 1.88 bits per heavy atom. The number of aromatic amines is 1. The van der Waals surface area contributed by atoms with Crippen molar-refractivity contribution in [1.82, 2.24) is 10.3 Å². The first kappa shape index (κ1) is 17.2. The van der Waals surface area contributed by atoms with E-state index in [1.165, 1.54) is 27.7 Å². The van der Waals surface area contributed by atoms with Crippen molar-refractivity contribution < 1.29 is 0 Å². The quantitative estimate of drug-likeness (QED) is 0.420. The van der Waals surface area contributed by atoms with E-state index in [2.05, 4.69) is 65.8 Å². The summed E-state index contributed by atoms with van der Waals surface area (Å²) in [6.45, 7) is 5.76. The average molecular weight is 331 g/mol. The van der Waals surface area contributed by atoms with Crippen LogP contribution in [0.25, 0.3) is 17.0 Å². The average Bonchev–Trinajstić information content (AvgIpc) is 2.93. The van der Waals surface area contributed by atoms with E-state index in [1.54, 1.807) is 6.92 Å². The van der Waals surface area contributed by atoms with Gasteiger partial charge in [-0.2, -0.15) is 0 Å². The second kappa shape index (κ2) is 7.95. The van der Waals surface area contributed by atoms with Gasteiger partial charge in [-0.1, -0.05) is 48.5 Å². The highest BCUT2D eigenvalue weighted by Gasteiger charge is 2.07. The van der Waals surface area contributed by atoms with E-state index in [0.717, 1.165) is 25.1 Å². The number of hydrogen-bond donors (Lipinski definition) is 3. The number of aryl methyl sites for hydroxylation is 1. The molecule has 1 aromatic heterocycles. The van der Waals surface area contributed by atoms with Gasteiger partial charge in [0.25, 0.3) is 0 Å². The van der Waals surface area contributed by atoms with E-state index in [0.29, 0.717) is 5.71 Å². The number of benzene rings is 2. The van der Waals surface area contributed by atoms with Gasteiger partial charge < -0.3 is 15.7 Å². The van der Waals surface area contributed by atoms with Crippen LogP contribution in [0.15, 0.2) is 54.6 Å². The summed E-state index contributed by atoms with van der Waals surface area (Å²) in [4.78, 5) is 3.46. The summed E-state index contributed by atoms with van der Waals surface area (Å²) in [5.74, 6) is 0. The van der Waals surface area contributed by atoms with Gasteiger partial charge in [0.15, 0.2) is 0 Å². The number of para-hydroxylation sites is 1. The molecule has 0 saturated carbocycles. The minimum Gasteiger partial charge on any atom is -0.358 e. The Hall–Kier alpha value is -2.65. The smallest absolute Gasteiger partial charge is 0.0458 e. The molecule has 0 aliphatic carbocycles. The van der Waals surface area contributed by atoms with Crippen LogP contribution in [0.5, 0.6) is 0 Å². The van der Waals surface area contributed by atoms with Crippen LogP contribution >= 0.6 is 0 Å². The molecule has 0 fully saturated rings. The number of aromatic nitrogens is 1. The summed E-state index contributed by atoms with van der Waals surface area (Å²) in [6.07, 6.45) is 4.81. The van der Waals surface area contributed by atoms with Gasteiger partial charge >= 0.3 is 0 Å². The molecule has 25 heavy (non-hydrogen) atoms. The van der Waals surface area contributed by atoms with Crippen molar-refractivity contribution in [2.24, 2.45) is 0 Å². The summed E-state index contributed by atoms with van der Waals surface area (Å²) < 4.78 is 0. The summed E-state index contributed by atoms with van der Waals surface area (Å²) in [6, 6.07) is 17.0. The van der Waals surface area contributed by atoms with Crippen LogP contribution in [-0.2, 0) is 13.0 Å². The van der Waals surface area contributed by atoms with Crippen LogP contribution in [-0.4, -0.2) is 17.2 Å². The van der Waals surface area contributed by atoms with Gasteiger partial charge in [0, 0.05) is 28.9 Å². The van der Waals surface area contributed by atoms with Gasteiger partial charge in [-0.05, 0) is 55.6 Å². The number of allylic oxidation sites excluding steroid dienone is 1. The SMILES string of the molecule is CC(=N)/C=C/c1ccc(CNCCc2c(C)[nH]c3ccccc23)cc1. The molecule has 0 aliphatic rings. The van der Waals surface area contributed by atoms with Crippen LogP contribution < -0.4 is 5.32 Å². The molecule has 0 amide bonds. The van der Waals surface area contributed by atoms with Crippen LogP contribution in [0.2, 0.25) is 0 Å². The van der Waals surface area contributed by atoms with Crippen LogP contribution in [0, 0.1) is 12.3 Å². The van der Waals surface area contributed by atoms with Gasteiger partial charge in [-0.15, -0.1) is 0 Å². The molecular weight excluding hydrogens is 306 g/mol. The van der Waals surface area contributed by atoms with Gasteiger partial charge in [-0.25, -0.2) is 0 Å². The lowest BCUT2D eigenvalue weighted by molar-refractivity contribution is 0.687. The Labute approximate surface area is 149 Å². The van der Waals surface area contributed by atoms with Crippen molar-refractivity contribution in [1.29, 1.82) is 5.41 Å². The fourth-order valence-corrected chi connectivity index (χ4v) is 3.07. The highest BCUT2D eigenvalue weighted by Crippen LogP contribution is 2.21. The predicted octanol–water partition coefficient (Wildman–Crippen LogP) is 4.86. The zero-order valence-corrected chi connectivity index (χ0v) is 14.9. The van der Waals surface area contributed by atoms with Gasteiger partial charge in [0.1, 0.15) is 0 Å². The lowest BCUT2D eigenvalue weighted by atomic mass is 10.1. The largest absolute Gasteiger partial charge is 0.358 e. The molecule has 0 saturated heterocycles. The molecule has 3 rings (SSSR count). The Morgan fingerprint density at radius 1 is 1.12 bits per heavy atom. The fourth-order valence-electron chi connectivity index (χ4n) is 3.07. The summed E-state index contributed by atoms with van der Waals surface area (Å²) in [5.41, 5.74) is 6.87. The predicted molar refractivity (Wildman–Crippen MR) is 107 cm³/mol. The zero-order valence-electron chi connectivity index (χ0n) is 14.9. The van der Waals surface area contributed by atoms with Crippen LogP contribution in [0.3, 0.4) is 0 Å². The Morgan fingerprint density at radius 3 is 2.64 bits per heavy atom. The Balaban J connectivity index is 1.53. The molecule has 3 heteroatoms. The molecule has 128 valence electrons. The number of fused-ring (bicyclic) bond motifs is 1. The third kappa shape index (κ3) is 4.46. The number of H-pyrrole nitrogens is 1. The highest BCUT2D eigenvalue weighted by molar-refractivity contribution is 5.93. The van der Waals surface area contributed by atoms with Crippen molar-refractivity contribution in [2.75, 3.05) is 6.54 Å². The van der Waals surface area contributed by atoms with Crippen LogP contribution in [0.4, 0.5) is 0 Å². The van der Waals surface area contributed by atoms with Crippen molar-refractivity contribution in [3.63, 3.8) is 0 Å². The molecule has 0 unspecified atom stereocenters. The molecule has 2 aromatic carbocycles. The van der Waals surface area contributed by atoms with Gasteiger partial charge in [0.2, 0.25) is 0 Å². The van der Waals surface area contributed by atoms with Crippen molar-refractivity contribution in [3.8, 4) is 0 Å². The van der Waals surface area contributed by atoms with E-state index >= 15 is 0 Å². The minimum absolute atomic E-state index is 0.568. The molecule has 0 bridgehead atoms. The lowest BCUT2D eigenvalue weighted by Crippen LogP contribution is -2.16. The Bertz CT molecular complexity index is 885. The third-order valence-corrected chi connectivity index (χ3v) is 4.41. The standard InChI is InChI=1S/C22H25N3/c1-16(23)7-8-18-9-11-19(12-10-18)15-24-14-13-20-17(2)25-22-6-4-3-5-21(20)22/h3-12,23-25H,13-15H2,1-2H3/b8-7+,23-16?. The van der Waals surface area contributed by atoms with Crippen molar-refractivity contribution in [2.45, 2.75) is 26.8 Å². The molecule has 1 heterocycles. The molecule has 3 aromatic rings. The highest BCUT2D eigenvalue weighted by atomic mass is 14.8. The molecule has 0 atom stereocenters. The van der Waals surface area contributed by atoms with Gasteiger partial charge in [-0.3, -0.25) is 0 Å². The maximum atomic E-state index is 7.42. The molecule has 0 radical (unpaired) electrons. The molecule has 0 spiro atoms. The first-order chi connectivity index (χ1) is 12.1.